The van der Waals surface area contributed by atoms with E-state index in [2.05, 4.69) is 4.98 Å². The summed E-state index contributed by atoms with van der Waals surface area (Å²) in [7, 11) is 1.59. The molecular formula is C7H8ClN3OS. The molecule has 0 unspecified atom stereocenters. The highest BCUT2D eigenvalue weighted by molar-refractivity contribution is 7.11. The van der Waals surface area contributed by atoms with E-state index in [1.165, 1.54) is 22.4 Å². The van der Waals surface area contributed by atoms with Gasteiger partial charge in [-0.25, -0.2) is 0 Å². The van der Waals surface area contributed by atoms with Crippen LogP contribution >= 0.6 is 23.7 Å². The monoisotopic (exact) mass is 217 g/mol. The normalized spacial score (nSPS) is 8.31. The molecule has 1 aromatic rings. The van der Waals surface area contributed by atoms with Crippen LogP contribution in [0, 0.1) is 11.3 Å². The molecule has 1 heterocycles. The Balaban J connectivity index is 0.00000144. The molecule has 0 aromatic carbocycles. The minimum atomic E-state index is -0.154. The minimum absolute atomic E-state index is 0. The Hall–Kier alpha value is -1.12. The van der Waals surface area contributed by atoms with Gasteiger partial charge in [-0.05, 0) is 0 Å². The van der Waals surface area contributed by atoms with Crippen LogP contribution in [0.15, 0.2) is 11.7 Å². The third-order valence-electron chi connectivity index (χ3n) is 1.30. The van der Waals surface area contributed by atoms with Gasteiger partial charge >= 0.3 is 0 Å². The van der Waals surface area contributed by atoms with Gasteiger partial charge < -0.3 is 4.90 Å². The van der Waals surface area contributed by atoms with Crippen molar-refractivity contribution in [2.75, 3.05) is 13.6 Å². The van der Waals surface area contributed by atoms with Gasteiger partial charge in [0.05, 0.1) is 17.8 Å². The van der Waals surface area contributed by atoms with Gasteiger partial charge in [-0.15, -0.1) is 23.7 Å². The molecule has 0 saturated carbocycles. The quantitative estimate of drug-likeness (QED) is 0.699. The minimum Gasteiger partial charge on any atom is -0.328 e. The smallest absolute Gasteiger partial charge is 0.266 e. The Morgan fingerprint density at radius 1 is 1.85 bits per heavy atom. The zero-order valence-corrected chi connectivity index (χ0v) is 8.56. The molecule has 6 heteroatoms. The predicted octanol–water partition coefficient (Wildman–Crippen LogP) is 1.16. The van der Waals surface area contributed by atoms with Crippen LogP contribution in [-0.4, -0.2) is 29.4 Å². The third kappa shape index (κ3) is 3.01. The summed E-state index contributed by atoms with van der Waals surface area (Å²) >= 11 is 1.27. The molecule has 0 bridgehead atoms. The van der Waals surface area contributed by atoms with Crippen LogP contribution in [0.5, 0.6) is 0 Å². The zero-order valence-electron chi connectivity index (χ0n) is 6.93. The lowest BCUT2D eigenvalue weighted by atomic mass is 10.4. The van der Waals surface area contributed by atoms with E-state index >= 15 is 0 Å². The van der Waals surface area contributed by atoms with Crippen molar-refractivity contribution in [3.8, 4) is 6.07 Å². The van der Waals surface area contributed by atoms with E-state index in [0.717, 1.165) is 0 Å². The largest absolute Gasteiger partial charge is 0.328 e. The van der Waals surface area contributed by atoms with E-state index in [1.807, 2.05) is 6.07 Å². The summed E-state index contributed by atoms with van der Waals surface area (Å²) in [5, 5.41) is 8.33. The number of carbonyl (C=O) groups is 1. The molecule has 70 valence electrons. The summed E-state index contributed by atoms with van der Waals surface area (Å²) in [5.74, 6) is -0.154. The number of hydrogen-bond acceptors (Lipinski definition) is 4. The van der Waals surface area contributed by atoms with Crippen LogP contribution in [0.3, 0.4) is 0 Å². The molecule has 0 saturated heterocycles. The average Bonchev–Trinajstić information content (AvgIpc) is 2.55. The highest BCUT2D eigenvalue weighted by atomic mass is 35.5. The summed E-state index contributed by atoms with van der Waals surface area (Å²) < 4.78 is 0. The van der Waals surface area contributed by atoms with Crippen LogP contribution < -0.4 is 0 Å². The van der Waals surface area contributed by atoms with Crippen LogP contribution in [0.1, 0.15) is 9.67 Å². The lowest BCUT2D eigenvalue weighted by Gasteiger charge is -2.10. The van der Waals surface area contributed by atoms with Crippen molar-refractivity contribution >= 4 is 29.7 Å². The Morgan fingerprint density at radius 3 is 3.00 bits per heavy atom. The van der Waals surface area contributed by atoms with Gasteiger partial charge in [0, 0.05) is 7.05 Å². The molecule has 0 spiro atoms. The first kappa shape index (κ1) is 11.9. The number of rotatable bonds is 2. The molecule has 13 heavy (non-hydrogen) atoms. The first-order chi connectivity index (χ1) is 5.75. The maximum Gasteiger partial charge on any atom is 0.266 e. The van der Waals surface area contributed by atoms with E-state index in [0.29, 0.717) is 4.88 Å². The van der Waals surface area contributed by atoms with Crippen LogP contribution in [0.25, 0.3) is 0 Å². The summed E-state index contributed by atoms with van der Waals surface area (Å²) in [6.07, 6.45) is 1.50. The Labute approximate surface area is 86.2 Å². The molecule has 0 N–H and O–H groups in total. The summed E-state index contributed by atoms with van der Waals surface area (Å²) in [6.45, 7) is 0.108. The fourth-order valence-corrected chi connectivity index (χ4v) is 1.30. The van der Waals surface area contributed by atoms with E-state index in [4.69, 9.17) is 5.26 Å². The van der Waals surface area contributed by atoms with Crippen molar-refractivity contribution in [3.05, 3.63) is 16.6 Å². The molecule has 1 amide bonds. The molecule has 0 atom stereocenters. The van der Waals surface area contributed by atoms with Gasteiger partial charge in [-0.2, -0.15) is 5.26 Å². The molecule has 0 radical (unpaired) electrons. The number of aromatic nitrogens is 1. The van der Waals surface area contributed by atoms with Gasteiger partial charge in [0.2, 0.25) is 0 Å². The number of carbonyl (C=O) groups excluding carboxylic acids is 1. The van der Waals surface area contributed by atoms with Gasteiger partial charge in [-0.1, -0.05) is 0 Å². The van der Waals surface area contributed by atoms with Crippen molar-refractivity contribution in [1.29, 1.82) is 5.26 Å². The summed E-state index contributed by atoms with van der Waals surface area (Å²) in [4.78, 5) is 17.0. The van der Waals surface area contributed by atoms with Gasteiger partial charge in [0.15, 0.2) is 0 Å². The maximum absolute atomic E-state index is 11.3. The Morgan fingerprint density at radius 2 is 2.54 bits per heavy atom. The third-order valence-corrected chi connectivity index (χ3v) is 2.06. The molecular weight excluding hydrogens is 210 g/mol. The SMILES string of the molecule is CN(CC#N)C(=O)c1cncs1.Cl. The molecule has 0 aliphatic heterocycles. The van der Waals surface area contributed by atoms with E-state index in [1.54, 1.807) is 12.6 Å². The van der Waals surface area contributed by atoms with Crippen molar-refractivity contribution in [2.24, 2.45) is 0 Å². The lowest BCUT2D eigenvalue weighted by molar-refractivity contribution is 0.0816. The standard InChI is InChI=1S/C7H7N3OS.ClH/c1-10(3-2-8)7(11)6-4-9-5-12-6;/h4-5H,3H2,1H3;1H. The van der Waals surface area contributed by atoms with Crippen molar-refractivity contribution in [3.63, 3.8) is 0 Å². The second-order valence-electron chi connectivity index (χ2n) is 2.19. The number of halogens is 1. The van der Waals surface area contributed by atoms with Crippen LogP contribution in [0.4, 0.5) is 0 Å². The first-order valence-corrected chi connectivity index (χ1v) is 4.14. The molecule has 1 rings (SSSR count). The zero-order chi connectivity index (χ0) is 8.97. The van der Waals surface area contributed by atoms with Gasteiger partial charge in [-0.3, -0.25) is 9.78 Å². The van der Waals surface area contributed by atoms with E-state index < -0.39 is 0 Å². The van der Waals surface area contributed by atoms with Gasteiger partial charge in [0.1, 0.15) is 11.4 Å². The Bertz CT molecular complexity index is 306. The Kier molecular flexibility index (Phi) is 5.04. The molecule has 0 fully saturated rings. The molecule has 1 aromatic heterocycles. The summed E-state index contributed by atoms with van der Waals surface area (Å²) in [6, 6.07) is 1.90. The molecule has 4 nitrogen and oxygen atoms in total. The van der Waals surface area contributed by atoms with Crippen molar-refractivity contribution < 1.29 is 4.79 Å². The number of thiazole rings is 1. The maximum atomic E-state index is 11.3. The first-order valence-electron chi connectivity index (χ1n) is 3.26. The lowest BCUT2D eigenvalue weighted by Crippen LogP contribution is -2.26. The molecule has 0 aliphatic rings. The summed E-state index contributed by atoms with van der Waals surface area (Å²) in [5.41, 5.74) is 1.59. The van der Waals surface area contributed by atoms with E-state index in [-0.39, 0.29) is 24.9 Å². The second-order valence-corrected chi connectivity index (χ2v) is 3.07. The van der Waals surface area contributed by atoms with E-state index in [9.17, 15) is 4.79 Å². The number of nitriles is 1. The van der Waals surface area contributed by atoms with Crippen LogP contribution in [0.2, 0.25) is 0 Å². The average molecular weight is 218 g/mol. The van der Waals surface area contributed by atoms with Crippen molar-refractivity contribution in [2.45, 2.75) is 0 Å². The fraction of sp³-hybridized carbons (Fsp3) is 0.286. The highest BCUT2D eigenvalue weighted by Crippen LogP contribution is 2.07. The number of hydrogen-bond donors (Lipinski definition) is 0. The number of nitrogens with zero attached hydrogens (tertiary/aromatic N) is 3. The number of amides is 1. The fourth-order valence-electron chi connectivity index (χ4n) is 0.687. The van der Waals surface area contributed by atoms with Crippen molar-refractivity contribution in [1.82, 2.24) is 9.88 Å². The molecule has 0 aliphatic carbocycles. The highest BCUT2D eigenvalue weighted by Gasteiger charge is 2.11. The van der Waals surface area contributed by atoms with Gasteiger partial charge in [0.25, 0.3) is 5.91 Å². The predicted molar refractivity (Wildman–Crippen MR) is 51.9 cm³/mol. The van der Waals surface area contributed by atoms with Crippen LogP contribution in [-0.2, 0) is 0 Å². The topological polar surface area (TPSA) is 57.0 Å². The second kappa shape index (κ2) is 5.51.